The van der Waals surface area contributed by atoms with Gasteiger partial charge >= 0.3 is 0 Å². The van der Waals surface area contributed by atoms with Crippen molar-refractivity contribution in [2.24, 2.45) is 0 Å². The molecular weight excluding hydrogens is 238 g/mol. The van der Waals surface area contributed by atoms with E-state index < -0.39 is 0 Å². The van der Waals surface area contributed by atoms with Gasteiger partial charge in [-0.15, -0.1) is 0 Å². The number of carbonyl (C=O) groups excluding carboxylic acids is 1. The van der Waals surface area contributed by atoms with Gasteiger partial charge in [-0.1, -0.05) is 18.2 Å². The lowest BCUT2D eigenvalue weighted by atomic mass is 10.2. The van der Waals surface area contributed by atoms with Gasteiger partial charge < -0.3 is 0 Å². The van der Waals surface area contributed by atoms with Crippen molar-refractivity contribution in [3.8, 4) is 5.69 Å². The SMILES string of the molecule is CC(=O)c1cn(-c2ccnc3ccccc23)nc1C. The van der Waals surface area contributed by atoms with Crippen LogP contribution in [0, 0.1) is 6.92 Å². The highest BCUT2D eigenvalue weighted by atomic mass is 16.1. The van der Waals surface area contributed by atoms with E-state index in [1.165, 1.54) is 0 Å². The predicted molar refractivity (Wildman–Crippen MR) is 73.6 cm³/mol. The number of pyridine rings is 1. The maximum atomic E-state index is 11.5. The Hall–Kier alpha value is -2.49. The first kappa shape index (κ1) is 11.6. The number of benzene rings is 1. The number of carbonyl (C=O) groups is 1. The predicted octanol–water partition coefficient (Wildman–Crippen LogP) is 2.93. The van der Waals surface area contributed by atoms with E-state index in [1.54, 1.807) is 24.0 Å². The van der Waals surface area contributed by atoms with Crippen LogP contribution in [0.5, 0.6) is 0 Å². The van der Waals surface area contributed by atoms with Crippen molar-refractivity contribution in [2.75, 3.05) is 0 Å². The smallest absolute Gasteiger partial charge is 0.163 e. The Balaban J connectivity index is 2.25. The Morgan fingerprint density at radius 2 is 2.00 bits per heavy atom. The molecule has 4 heteroatoms. The highest BCUT2D eigenvalue weighted by Crippen LogP contribution is 2.21. The average Bonchev–Trinajstić information content (AvgIpc) is 2.80. The van der Waals surface area contributed by atoms with Crippen molar-refractivity contribution in [3.63, 3.8) is 0 Å². The van der Waals surface area contributed by atoms with Crippen LogP contribution in [0.1, 0.15) is 23.0 Å². The summed E-state index contributed by atoms with van der Waals surface area (Å²) in [6.45, 7) is 3.40. The lowest BCUT2D eigenvalue weighted by Gasteiger charge is -2.05. The number of nitrogens with zero attached hydrogens (tertiary/aromatic N) is 3. The van der Waals surface area contributed by atoms with Crippen LogP contribution in [0.25, 0.3) is 16.6 Å². The van der Waals surface area contributed by atoms with Crippen molar-refractivity contribution >= 4 is 16.7 Å². The van der Waals surface area contributed by atoms with E-state index >= 15 is 0 Å². The quantitative estimate of drug-likeness (QED) is 0.658. The minimum atomic E-state index is 0.0297. The third kappa shape index (κ3) is 1.91. The van der Waals surface area contributed by atoms with Crippen LogP contribution in [-0.2, 0) is 0 Å². The Bertz CT molecular complexity index is 769. The molecule has 0 saturated heterocycles. The summed E-state index contributed by atoms with van der Waals surface area (Å²) in [5.41, 5.74) is 3.24. The van der Waals surface area contributed by atoms with E-state index in [9.17, 15) is 4.79 Å². The zero-order chi connectivity index (χ0) is 13.4. The summed E-state index contributed by atoms with van der Waals surface area (Å²) in [7, 11) is 0. The Kier molecular flexibility index (Phi) is 2.63. The van der Waals surface area contributed by atoms with Crippen molar-refractivity contribution in [1.29, 1.82) is 0 Å². The van der Waals surface area contributed by atoms with E-state index in [-0.39, 0.29) is 5.78 Å². The third-order valence-corrected chi connectivity index (χ3v) is 3.15. The summed E-state index contributed by atoms with van der Waals surface area (Å²) in [6.07, 6.45) is 3.53. The van der Waals surface area contributed by atoms with Crippen molar-refractivity contribution in [1.82, 2.24) is 14.8 Å². The first-order valence-electron chi connectivity index (χ1n) is 6.08. The molecule has 0 radical (unpaired) electrons. The van der Waals surface area contributed by atoms with Crippen LogP contribution in [0.2, 0.25) is 0 Å². The largest absolute Gasteiger partial charge is 0.294 e. The molecule has 0 N–H and O–H groups in total. The topological polar surface area (TPSA) is 47.8 Å². The number of para-hydroxylation sites is 1. The summed E-state index contributed by atoms with van der Waals surface area (Å²) in [6, 6.07) is 9.78. The normalized spacial score (nSPS) is 10.8. The maximum absolute atomic E-state index is 11.5. The molecule has 0 aliphatic carbocycles. The van der Waals surface area contributed by atoms with Crippen molar-refractivity contribution < 1.29 is 4.79 Å². The molecule has 0 bridgehead atoms. The van der Waals surface area contributed by atoms with Crippen LogP contribution in [0.4, 0.5) is 0 Å². The molecule has 0 saturated carbocycles. The molecule has 0 fully saturated rings. The second-order valence-corrected chi connectivity index (χ2v) is 4.48. The number of ketones is 1. The van der Waals surface area contributed by atoms with Gasteiger partial charge in [0.05, 0.1) is 22.5 Å². The molecule has 0 atom stereocenters. The molecule has 2 heterocycles. The Morgan fingerprint density at radius 1 is 1.21 bits per heavy atom. The minimum Gasteiger partial charge on any atom is -0.294 e. The second-order valence-electron chi connectivity index (χ2n) is 4.48. The molecule has 3 aromatic rings. The molecule has 2 aromatic heterocycles. The summed E-state index contributed by atoms with van der Waals surface area (Å²) in [5.74, 6) is 0.0297. The summed E-state index contributed by atoms with van der Waals surface area (Å²) in [5, 5.41) is 5.44. The van der Waals surface area contributed by atoms with Crippen molar-refractivity contribution in [3.05, 3.63) is 54.0 Å². The fraction of sp³-hybridized carbons (Fsp3) is 0.133. The molecule has 4 nitrogen and oxygen atoms in total. The molecular formula is C15H13N3O. The zero-order valence-corrected chi connectivity index (χ0v) is 10.8. The molecule has 0 amide bonds. The Morgan fingerprint density at radius 3 is 2.74 bits per heavy atom. The Labute approximate surface area is 110 Å². The van der Waals surface area contributed by atoms with Crippen LogP contribution in [0.3, 0.4) is 0 Å². The standard InChI is InChI=1S/C15H13N3O/c1-10-13(11(2)19)9-18(17-10)15-7-8-16-14-6-4-3-5-12(14)15/h3-9H,1-2H3. The van der Waals surface area contributed by atoms with E-state index in [4.69, 9.17) is 0 Å². The van der Waals surface area contributed by atoms with Gasteiger partial charge in [-0.25, -0.2) is 4.68 Å². The van der Waals surface area contributed by atoms with Gasteiger partial charge in [-0.2, -0.15) is 5.10 Å². The van der Waals surface area contributed by atoms with Gasteiger partial charge in [0.15, 0.2) is 5.78 Å². The van der Waals surface area contributed by atoms with E-state index in [0.29, 0.717) is 5.56 Å². The fourth-order valence-electron chi connectivity index (χ4n) is 2.21. The molecule has 0 unspecified atom stereocenters. The third-order valence-electron chi connectivity index (χ3n) is 3.15. The number of aromatic nitrogens is 3. The van der Waals surface area contributed by atoms with E-state index in [1.807, 2.05) is 37.3 Å². The van der Waals surface area contributed by atoms with Crippen LogP contribution in [-0.4, -0.2) is 20.5 Å². The lowest BCUT2D eigenvalue weighted by Crippen LogP contribution is -1.97. The number of hydrogen-bond donors (Lipinski definition) is 0. The van der Waals surface area contributed by atoms with Gasteiger partial charge in [-0.3, -0.25) is 9.78 Å². The first-order chi connectivity index (χ1) is 9.16. The molecule has 3 rings (SSSR count). The van der Waals surface area contributed by atoms with E-state index in [2.05, 4.69) is 10.1 Å². The second kappa shape index (κ2) is 4.31. The highest BCUT2D eigenvalue weighted by Gasteiger charge is 2.11. The number of fused-ring (bicyclic) bond motifs is 1. The number of Topliss-reactive ketones (excluding diaryl/α,β-unsaturated/α-hetero) is 1. The maximum Gasteiger partial charge on any atom is 0.163 e. The van der Waals surface area contributed by atoms with Crippen LogP contribution in [0.15, 0.2) is 42.7 Å². The monoisotopic (exact) mass is 251 g/mol. The van der Waals surface area contributed by atoms with Gasteiger partial charge in [0.1, 0.15) is 0 Å². The fourth-order valence-corrected chi connectivity index (χ4v) is 2.21. The molecule has 19 heavy (non-hydrogen) atoms. The van der Waals surface area contributed by atoms with Crippen LogP contribution < -0.4 is 0 Å². The number of aryl methyl sites for hydroxylation is 1. The minimum absolute atomic E-state index is 0.0297. The van der Waals surface area contributed by atoms with Gasteiger partial charge in [0, 0.05) is 17.8 Å². The van der Waals surface area contributed by atoms with Crippen LogP contribution >= 0.6 is 0 Å². The van der Waals surface area contributed by atoms with Gasteiger partial charge in [0.2, 0.25) is 0 Å². The molecule has 1 aromatic carbocycles. The lowest BCUT2D eigenvalue weighted by molar-refractivity contribution is 0.101. The number of rotatable bonds is 2. The molecule has 94 valence electrons. The summed E-state index contributed by atoms with van der Waals surface area (Å²) >= 11 is 0. The average molecular weight is 251 g/mol. The highest BCUT2D eigenvalue weighted by molar-refractivity contribution is 5.95. The number of hydrogen-bond acceptors (Lipinski definition) is 3. The zero-order valence-electron chi connectivity index (χ0n) is 10.8. The molecule has 0 aliphatic heterocycles. The van der Waals surface area contributed by atoms with E-state index in [0.717, 1.165) is 22.3 Å². The summed E-state index contributed by atoms with van der Waals surface area (Å²) in [4.78, 5) is 15.8. The van der Waals surface area contributed by atoms with Gasteiger partial charge in [0.25, 0.3) is 0 Å². The summed E-state index contributed by atoms with van der Waals surface area (Å²) < 4.78 is 1.75. The molecule has 0 spiro atoms. The van der Waals surface area contributed by atoms with Gasteiger partial charge in [-0.05, 0) is 26.0 Å². The van der Waals surface area contributed by atoms with Crippen molar-refractivity contribution in [2.45, 2.75) is 13.8 Å². The molecule has 0 aliphatic rings. The first-order valence-corrected chi connectivity index (χ1v) is 6.08.